The van der Waals surface area contributed by atoms with E-state index >= 15 is 0 Å². The van der Waals surface area contributed by atoms with Crippen molar-refractivity contribution in [3.8, 4) is 11.5 Å². The van der Waals surface area contributed by atoms with Gasteiger partial charge in [-0.05, 0) is 12.0 Å². The third-order valence-electron chi connectivity index (χ3n) is 3.01. The highest BCUT2D eigenvalue weighted by molar-refractivity contribution is 6.31. The highest BCUT2D eigenvalue weighted by Gasteiger charge is 2.14. The molecule has 1 rings (SSSR count). The highest BCUT2D eigenvalue weighted by Crippen LogP contribution is 2.34. The number of halogens is 1. The molecular weight excluding hydrogens is 252 g/mol. The van der Waals surface area contributed by atoms with Gasteiger partial charge in [0.15, 0.2) is 17.8 Å². The number of carbonyl (C=O) groups excluding carboxylic acids is 1. The van der Waals surface area contributed by atoms with E-state index in [0.717, 1.165) is 19.1 Å². The van der Waals surface area contributed by atoms with E-state index < -0.39 is 0 Å². The van der Waals surface area contributed by atoms with Gasteiger partial charge in [0.05, 0.1) is 19.3 Å². The van der Waals surface area contributed by atoms with Crippen LogP contribution >= 0.6 is 11.6 Å². The molecule has 0 aromatic heterocycles. The first-order valence-corrected chi connectivity index (χ1v) is 6.49. The first-order chi connectivity index (χ1) is 8.65. The summed E-state index contributed by atoms with van der Waals surface area (Å²) in [7, 11) is 1.53. The Labute approximate surface area is 113 Å². The van der Waals surface area contributed by atoms with Crippen LogP contribution < -0.4 is 9.47 Å². The molecule has 0 fully saturated rings. The van der Waals surface area contributed by atoms with E-state index in [-0.39, 0.29) is 0 Å². The second-order valence-electron chi connectivity index (χ2n) is 4.14. The molecule has 0 N–H and O–H groups in total. The number of hydrogen-bond acceptors (Lipinski definition) is 3. The molecule has 0 heterocycles. The van der Waals surface area contributed by atoms with Crippen LogP contribution in [0.2, 0.25) is 5.02 Å². The van der Waals surface area contributed by atoms with E-state index in [1.54, 1.807) is 12.1 Å². The second kappa shape index (κ2) is 7.27. The largest absolute Gasteiger partial charge is 0.493 e. The maximum atomic E-state index is 11.0. The maximum Gasteiger partial charge on any atom is 0.171 e. The summed E-state index contributed by atoms with van der Waals surface area (Å²) in [4.78, 5) is 11.0. The van der Waals surface area contributed by atoms with Crippen molar-refractivity contribution in [3.63, 3.8) is 0 Å². The van der Waals surface area contributed by atoms with Gasteiger partial charge in [0, 0.05) is 11.1 Å². The Kier molecular flexibility index (Phi) is 5.99. The molecule has 1 aromatic carbocycles. The fourth-order valence-electron chi connectivity index (χ4n) is 1.71. The van der Waals surface area contributed by atoms with Crippen molar-refractivity contribution in [1.29, 1.82) is 0 Å². The second-order valence-corrected chi connectivity index (χ2v) is 4.57. The molecule has 3 nitrogen and oxygen atoms in total. The molecule has 0 saturated heterocycles. The number of rotatable bonds is 7. The molecule has 0 aliphatic heterocycles. The van der Waals surface area contributed by atoms with E-state index in [4.69, 9.17) is 21.1 Å². The van der Waals surface area contributed by atoms with Crippen LogP contribution in [-0.4, -0.2) is 20.0 Å². The normalized spacial score (nSPS) is 10.5. The van der Waals surface area contributed by atoms with Crippen molar-refractivity contribution < 1.29 is 14.3 Å². The number of hydrogen-bond donors (Lipinski definition) is 0. The van der Waals surface area contributed by atoms with Gasteiger partial charge in [0.1, 0.15) is 0 Å². The number of aldehydes is 1. The lowest BCUT2D eigenvalue weighted by molar-refractivity contribution is 0.111. The van der Waals surface area contributed by atoms with Crippen LogP contribution in [0, 0.1) is 5.92 Å². The first kappa shape index (κ1) is 14.8. The van der Waals surface area contributed by atoms with Gasteiger partial charge < -0.3 is 9.47 Å². The summed E-state index contributed by atoms with van der Waals surface area (Å²) in [6, 6.07) is 3.23. The van der Waals surface area contributed by atoms with Crippen LogP contribution in [0.4, 0.5) is 0 Å². The molecule has 0 aliphatic rings. The molecular formula is C14H19ClO3. The predicted molar refractivity (Wildman–Crippen MR) is 73.0 cm³/mol. The molecule has 18 heavy (non-hydrogen) atoms. The Morgan fingerprint density at radius 2 is 2.00 bits per heavy atom. The summed E-state index contributed by atoms with van der Waals surface area (Å²) in [5.41, 5.74) is 0.422. The van der Waals surface area contributed by atoms with Gasteiger partial charge in [-0.25, -0.2) is 0 Å². The zero-order valence-corrected chi connectivity index (χ0v) is 11.8. The minimum atomic E-state index is 0.422. The van der Waals surface area contributed by atoms with E-state index in [1.807, 2.05) is 0 Å². The highest BCUT2D eigenvalue weighted by atomic mass is 35.5. The average molecular weight is 271 g/mol. The van der Waals surface area contributed by atoms with Gasteiger partial charge >= 0.3 is 0 Å². The number of benzene rings is 1. The molecule has 0 spiro atoms. The third kappa shape index (κ3) is 3.64. The summed E-state index contributed by atoms with van der Waals surface area (Å²) in [5.74, 6) is 1.45. The SMILES string of the molecule is CCC(CC)COc1c(C=O)cc(Cl)cc1OC. The van der Waals surface area contributed by atoms with Gasteiger partial charge in [-0.15, -0.1) is 0 Å². The van der Waals surface area contributed by atoms with Gasteiger partial charge in [0.25, 0.3) is 0 Å². The molecule has 0 aliphatic carbocycles. The topological polar surface area (TPSA) is 35.5 Å². The molecule has 100 valence electrons. The fraction of sp³-hybridized carbons (Fsp3) is 0.500. The Morgan fingerprint density at radius 1 is 1.33 bits per heavy atom. The summed E-state index contributed by atoms with van der Waals surface area (Å²) in [6.07, 6.45) is 2.82. The van der Waals surface area contributed by atoms with Crippen molar-refractivity contribution in [2.24, 2.45) is 5.92 Å². The molecule has 0 radical (unpaired) electrons. The van der Waals surface area contributed by atoms with E-state index in [1.165, 1.54) is 7.11 Å². The lowest BCUT2D eigenvalue weighted by Crippen LogP contribution is -2.11. The lowest BCUT2D eigenvalue weighted by atomic mass is 10.1. The fourth-order valence-corrected chi connectivity index (χ4v) is 1.92. The van der Waals surface area contributed by atoms with Crippen LogP contribution in [0.1, 0.15) is 37.0 Å². The van der Waals surface area contributed by atoms with E-state index in [2.05, 4.69) is 13.8 Å². The van der Waals surface area contributed by atoms with Gasteiger partial charge in [-0.3, -0.25) is 4.79 Å². The third-order valence-corrected chi connectivity index (χ3v) is 3.23. The number of carbonyl (C=O) groups is 1. The Bertz CT molecular complexity index is 400. The maximum absolute atomic E-state index is 11.0. The van der Waals surface area contributed by atoms with Crippen LogP contribution in [0.5, 0.6) is 11.5 Å². The Hall–Kier alpha value is -1.22. The number of ether oxygens (including phenoxy) is 2. The summed E-state index contributed by atoms with van der Waals surface area (Å²) in [6.45, 7) is 4.82. The van der Waals surface area contributed by atoms with Crippen molar-refractivity contribution in [2.75, 3.05) is 13.7 Å². The predicted octanol–water partition coefficient (Wildman–Crippen LogP) is 3.98. The lowest BCUT2D eigenvalue weighted by Gasteiger charge is -2.17. The molecule has 0 atom stereocenters. The van der Waals surface area contributed by atoms with Crippen molar-refractivity contribution in [3.05, 3.63) is 22.7 Å². The number of methoxy groups -OCH3 is 1. The first-order valence-electron chi connectivity index (χ1n) is 6.11. The van der Waals surface area contributed by atoms with Gasteiger partial charge in [0.2, 0.25) is 0 Å². The summed E-state index contributed by atoms with van der Waals surface area (Å²) in [5, 5.41) is 0.462. The standard InChI is InChI=1S/C14H19ClO3/c1-4-10(5-2)9-18-14-11(8-16)6-12(15)7-13(14)17-3/h6-8,10H,4-5,9H2,1-3H3. The van der Waals surface area contributed by atoms with Crippen LogP contribution in [0.25, 0.3) is 0 Å². The van der Waals surface area contributed by atoms with Gasteiger partial charge in [-0.1, -0.05) is 38.3 Å². The molecule has 0 unspecified atom stereocenters. The summed E-state index contributed by atoms with van der Waals surface area (Å²) >= 11 is 5.90. The van der Waals surface area contributed by atoms with Crippen molar-refractivity contribution >= 4 is 17.9 Å². The summed E-state index contributed by atoms with van der Waals surface area (Å²) < 4.78 is 10.9. The molecule has 0 saturated carbocycles. The molecule has 1 aromatic rings. The zero-order chi connectivity index (χ0) is 13.5. The minimum absolute atomic E-state index is 0.422. The van der Waals surface area contributed by atoms with Crippen molar-refractivity contribution in [1.82, 2.24) is 0 Å². The van der Waals surface area contributed by atoms with Crippen LogP contribution in [0.15, 0.2) is 12.1 Å². The average Bonchev–Trinajstić information content (AvgIpc) is 2.40. The monoisotopic (exact) mass is 270 g/mol. The van der Waals surface area contributed by atoms with Crippen LogP contribution in [0.3, 0.4) is 0 Å². The quantitative estimate of drug-likeness (QED) is 0.703. The van der Waals surface area contributed by atoms with E-state index in [9.17, 15) is 4.79 Å². The Morgan fingerprint density at radius 3 is 2.50 bits per heavy atom. The molecule has 0 bridgehead atoms. The molecule has 0 amide bonds. The van der Waals surface area contributed by atoms with Gasteiger partial charge in [-0.2, -0.15) is 0 Å². The van der Waals surface area contributed by atoms with E-state index in [0.29, 0.717) is 34.6 Å². The van der Waals surface area contributed by atoms with Crippen molar-refractivity contribution in [2.45, 2.75) is 26.7 Å². The minimum Gasteiger partial charge on any atom is -0.493 e. The Balaban J connectivity index is 2.95. The van der Waals surface area contributed by atoms with Crippen LogP contribution in [-0.2, 0) is 0 Å². The molecule has 4 heteroatoms. The zero-order valence-electron chi connectivity index (χ0n) is 11.0. The smallest absolute Gasteiger partial charge is 0.171 e.